The van der Waals surface area contributed by atoms with Gasteiger partial charge in [-0.3, -0.25) is 4.79 Å². The van der Waals surface area contributed by atoms with E-state index in [-0.39, 0.29) is 11.9 Å². The van der Waals surface area contributed by atoms with Crippen molar-refractivity contribution < 1.29 is 4.79 Å². The number of hydrogen-bond acceptors (Lipinski definition) is 2. The van der Waals surface area contributed by atoms with Gasteiger partial charge in [-0.1, -0.05) is 12.1 Å². The maximum absolute atomic E-state index is 12.0. The first-order chi connectivity index (χ1) is 8.18. The van der Waals surface area contributed by atoms with Crippen LogP contribution in [0.15, 0.2) is 24.3 Å². The Morgan fingerprint density at radius 1 is 1.41 bits per heavy atom. The number of para-hydroxylation sites is 2. The van der Waals surface area contributed by atoms with E-state index in [2.05, 4.69) is 4.98 Å². The second-order valence-corrected chi connectivity index (χ2v) is 4.77. The Morgan fingerprint density at radius 3 is 2.88 bits per heavy atom. The van der Waals surface area contributed by atoms with Crippen molar-refractivity contribution in [3.8, 4) is 0 Å². The Hall–Kier alpha value is -1.62. The number of likely N-dealkylation sites (N-methyl/N-ethyl adjacent to an activating group) is 1. The normalized spacial score (nSPS) is 20.4. The first-order valence-corrected chi connectivity index (χ1v) is 6.03. The average molecular weight is 247 g/mol. The lowest BCUT2D eigenvalue weighted by atomic mass is 10.2. The minimum Gasteiger partial charge on any atom is -0.344 e. The summed E-state index contributed by atoms with van der Waals surface area (Å²) in [4.78, 5) is 16.9. The second-order valence-electron chi connectivity index (χ2n) is 4.38. The van der Waals surface area contributed by atoms with Gasteiger partial charge in [-0.15, -0.1) is 0 Å². The molecule has 4 nitrogen and oxygen atoms in total. The molecule has 0 saturated carbocycles. The molecule has 1 aromatic heterocycles. The van der Waals surface area contributed by atoms with E-state index < -0.39 is 0 Å². The van der Waals surface area contributed by atoms with Gasteiger partial charge in [-0.25, -0.2) is 0 Å². The van der Waals surface area contributed by atoms with Gasteiger partial charge in [0.1, 0.15) is 6.04 Å². The molecule has 1 atom stereocenters. The minimum absolute atomic E-state index is 0.144. The van der Waals surface area contributed by atoms with Crippen molar-refractivity contribution in [1.29, 1.82) is 0 Å². The molecule has 3 rings (SSSR count). The van der Waals surface area contributed by atoms with Crippen molar-refractivity contribution in [2.45, 2.75) is 12.5 Å². The molecule has 1 saturated heterocycles. The number of amides is 1. The molecule has 1 N–H and O–H groups in total. The molecule has 1 unspecified atom stereocenters. The molecule has 2 heterocycles. The van der Waals surface area contributed by atoms with Gasteiger partial charge in [0.05, 0.1) is 11.0 Å². The van der Waals surface area contributed by atoms with Crippen molar-refractivity contribution in [3.63, 3.8) is 0 Å². The Bertz CT molecular complexity index is 642. The maximum Gasteiger partial charge on any atom is 0.245 e. The summed E-state index contributed by atoms with van der Waals surface area (Å²) >= 11 is 5.32. The summed E-state index contributed by atoms with van der Waals surface area (Å²) in [7, 11) is 1.83. The number of carbonyl (C=O) groups excluding carboxylic acids is 1. The fourth-order valence-electron chi connectivity index (χ4n) is 2.43. The van der Waals surface area contributed by atoms with E-state index in [4.69, 9.17) is 12.2 Å². The standard InChI is InChI=1S/C12H13N3OS/c1-14-7-6-10(11(14)16)15-9-5-3-2-4-8(9)13-12(15)17/h2-5,10H,6-7H2,1H3,(H,13,17). The number of fused-ring (bicyclic) bond motifs is 1. The average Bonchev–Trinajstić information content (AvgIpc) is 2.80. The van der Waals surface area contributed by atoms with Crippen LogP contribution in [0.1, 0.15) is 12.5 Å². The van der Waals surface area contributed by atoms with Gasteiger partial charge in [0.2, 0.25) is 5.91 Å². The number of benzene rings is 1. The van der Waals surface area contributed by atoms with Gasteiger partial charge >= 0.3 is 0 Å². The van der Waals surface area contributed by atoms with E-state index in [1.165, 1.54) is 0 Å². The molecule has 1 aliphatic heterocycles. The van der Waals surface area contributed by atoms with Crippen molar-refractivity contribution in [2.75, 3.05) is 13.6 Å². The molecule has 0 radical (unpaired) electrons. The monoisotopic (exact) mass is 247 g/mol. The lowest BCUT2D eigenvalue weighted by Gasteiger charge is -2.12. The lowest BCUT2D eigenvalue weighted by molar-refractivity contribution is -0.129. The SMILES string of the molecule is CN1CCC(n2c(=S)[nH]c3ccccc32)C1=O. The molecule has 1 aromatic carbocycles. The second kappa shape index (κ2) is 3.70. The zero-order valence-electron chi connectivity index (χ0n) is 9.51. The van der Waals surface area contributed by atoms with Gasteiger partial charge in [-0.2, -0.15) is 0 Å². The Kier molecular flexibility index (Phi) is 2.29. The van der Waals surface area contributed by atoms with Crippen molar-refractivity contribution in [2.24, 2.45) is 0 Å². The van der Waals surface area contributed by atoms with Crippen molar-refractivity contribution >= 4 is 29.2 Å². The topological polar surface area (TPSA) is 41.0 Å². The summed E-state index contributed by atoms with van der Waals surface area (Å²) in [6.45, 7) is 0.796. The van der Waals surface area contributed by atoms with Crippen LogP contribution in [-0.2, 0) is 4.79 Å². The number of H-pyrrole nitrogens is 1. The quantitative estimate of drug-likeness (QED) is 0.784. The van der Waals surface area contributed by atoms with Crippen LogP contribution in [0.3, 0.4) is 0 Å². The first-order valence-electron chi connectivity index (χ1n) is 5.62. The Labute approximate surface area is 104 Å². The zero-order valence-corrected chi connectivity index (χ0v) is 10.3. The zero-order chi connectivity index (χ0) is 12.0. The number of likely N-dealkylation sites (tertiary alicyclic amines) is 1. The lowest BCUT2D eigenvalue weighted by Crippen LogP contribution is -2.24. The molecule has 1 aliphatic rings. The fourth-order valence-corrected chi connectivity index (χ4v) is 2.76. The molecule has 17 heavy (non-hydrogen) atoms. The van der Waals surface area contributed by atoms with E-state index in [9.17, 15) is 4.79 Å². The van der Waals surface area contributed by atoms with Gasteiger partial charge in [0.15, 0.2) is 4.77 Å². The predicted molar refractivity (Wildman–Crippen MR) is 68.4 cm³/mol. The predicted octanol–water partition coefficient (Wildman–Crippen LogP) is 2.10. The van der Waals surface area contributed by atoms with E-state index in [0.717, 1.165) is 24.0 Å². The van der Waals surface area contributed by atoms with Gasteiger partial charge < -0.3 is 14.5 Å². The van der Waals surface area contributed by atoms with Crippen LogP contribution in [0.2, 0.25) is 0 Å². The molecular weight excluding hydrogens is 234 g/mol. The first kappa shape index (κ1) is 10.5. The Balaban J connectivity index is 2.21. The number of nitrogens with one attached hydrogen (secondary N) is 1. The highest BCUT2D eigenvalue weighted by Crippen LogP contribution is 2.26. The van der Waals surface area contributed by atoms with E-state index >= 15 is 0 Å². The number of aromatic amines is 1. The summed E-state index contributed by atoms with van der Waals surface area (Å²) in [5, 5.41) is 0. The summed E-state index contributed by atoms with van der Waals surface area (Å²) < 4.78 is 2.57. The van der Waals surface area contributed by atoms with Crippen LogP contribution in [0.5, 0.6) is 0 Å². The molecule has 0 spiro atoms. The van der Waals surface area contributed by atoms with Crippen LogP contribution < -0.4 is 0 Å². The summed E-state index contributed by atoms with van der Waals surface area (Å²) in [6.07, 6.45) is 0.825. The van der Waals surface area contributed by atoms with Gasteiger partial charge in [0, 0.05) is 13.6 Å². The molecule has 2 aromatic rings. The third-order valence-electron chi connectivity index (χ3n) is 3.33. The van der Waals surface area contributed by atoms with Crippen LogP contribution in [0.4, 0.5) is 0 Å². The van der Waals surface area contributed by atoms with Gasteiger partial charge in [0.25, 0.3) is 0 Å². The molecular formula is C12H13N3OS. The number of nitrogens with zero attached hydrogens (tertiary/aromatic N) is 2. The molecule has 1 fully saturated rings. The summed E-state index contributed by atoms with van der Waals surface area (Å²) in [6, 6.07) is 7.74. The number of carbonyl (C=O) groups is 1. The van der Waals surface area contributed by atoms with E-state index in [0.29, 0.717) is 4.77 Å². The molecule has 88 valence electrons. The fraction of sp³-hybridized carbons (Fsp3) is 0.333. The molecule has 1 amide bonds. The maximum atomic E-state index is 12.0. The van der Waals surface area contributed by atoms with Crippen molar-refractivity contribution in [3.05, 3.63) is 29.0 Å². The third kappa shape index (κ3) is 1.50. The minimum atomic E-state index is -0.149. The van der Waals surface area contributed by atoms with Crippen LogP contribution in [0, 0.1) is 4.77 Å². The molecule has 0 aliphatic carbocycles. The van der Waals surface area contributed by atoms with Crippen LogP contribution in [-0.4, -0.2) is 34.0 Å². The molecule has 0 bridgehead atoms. The smallest absolute Gasteiger partial charge is 0.245 e. The van der Waals surface area contributed by atoms with Gasteiger partial charge in [-0.05, 0) is 30.8 Å². The highest BCUT2D eigenvalue weighted by Gasteiger charge is 2.31. The highest BCUT2D eigenvalue weighted by atomic mass is 32.1. The van der Waals surface area contributed by atoms with E-state index in [1.807, 2.05) is 35.9 Å². The van der Waals surface area contributed by atoms with E-state index in [1.54, 1.807) is 4.90 Å². The Morgan fingerprint density at radius 2 is 2.18 bits per heavy atom. The number of rotatable bonds is 1. The third-order valence-corrected chi connectivity index (χ3v) is 3.63. The number of imidazole rings is 1. The van der Waals surface area contributed by atoms with Crippen LogP contribution >= 0.6 is 12.2 Å². The largest absolute Gasteiger partial charge is 0.344 e. The number of hydrogen-bond donors (Lipinski definition) is 1. The summed E-state index contributed by atoms with van der Waals surface area (Å²) in [5.41, 5.74) is 1.99. The van der Waals surface area contributed by atoms with Crippen molar-refractivity contribution in [1.82, 2.24) is 14.5 Å². The summed E-state index contributed by atoms with van der Waals surface area (Å²) in [5.74, 6) is 0.144. The molecule has 5 heteroatoms. The highest BCUT2D eigenvalue weighted by molar-refractivity contribution is 7.71. The number of aromatic nitrogens is 2. The van der Waals surface area contributed by atoms with Crippen LogP contribution in [0.25, 0.3) is 11.0 Å².